The number of carbonyl (C=O) groups excluding carboxylic acids is 1. The third kappa shape index (κ3) is 4.43. The van der Waals surface area contributed by atoms with E-state index in [-0.39, 0.29) is 5.91 Å². The maximum atomic E-state index is 11.9. The molecule has 0 spiro atoms. The van der Waals surface area contributed by atoms with Crippen molar-refractivity contribution >= 4 is 17.2 Å². The van der Waals surface area contributed by atoms with Gasteiger partial charge in [-0.25, -0.2) is 4.98 Å². The Morgan fingerprint density at radius 3 is 2.87 bits per heavy atom. The maximum absolute atomic E-state index is 11.9. The maximum Gasteiger partial charge on any atom is 0.220 e. The summed E-state index contributed by atoms with van der Waals surface area (Å²) >= 11 is 1.57. The number of thiazole rings is 1. The molecule has 0 atom stereocenters. The number of nitrogens with zero attached hydrogens (tertiary/aromatic N) is 3. The van der Waals surface area contributed by atoms with E-state index >= 15 is 0 Å². The molecule has 0 fully saturated rings. The molecule has 0 aliphatic rings. The topological polar surface area (TPSA) is 67.8 Å². The van der Waals surface area contributed by atoms with Crippen LogP contribution in [-0.4, -0.2) is 20.9 Å². The standard InChI is InChI=1S/C17H16N4OS/c22-16(20-11-14-5-1-2-9-19-14)7-6-15-12-23-17(21-15)13-4-3-8-18-10-13/h1-5,8-10,12H,6-7,11H2,(H,20,22). The normalized spacial score (nSPS) is 10.4. The van der Waals surface area contributed by atoms with Crippen LogP contribution in [0.25, 0.3) is 10.6 Å². The van der Waals surface area contributed by atoms with Gasteiger partial charge in [-0.2, -0.15) is 0 Å². The van der Waals surface area contributed by atoms with E-state index < -0.39 is 0 Å². The van der Waals surface area contributed by atoms with Gasteiger partial charge >= 0.3 is 0 Å². The van der Waals surface area contributed by atoms with Gasteiger partial charge in [0.2, 0.25) is 5.91 Å². The zero-order chi connectivity index (χ0) is 15.9. The lowest BCUT2D eigenvalue weighted by atomic mass is 10.2. The van der Waals surface area contributed by atoms with Crippen LogP contribution in [0.4, 0.5) is 0 Å². The van der Waals surface area contributed by atoms with Crippen LogP contribution >= 0.6 is 11.3 Å². The van der Waals surface area contributed by atoms with Crippen molar-refractivity contribution in [3.63, 3.8) is 0 Å². The number of amides is 1. The van der Waals surface area contributed by atoms with Gasteiger partial charge in [0.15, 0.2) is 0 Å². The van der Waals surface area contributed by atoms with Gasteiger partial charge in [0.1, 0.15) is 5.01 Å². The molecule has 3 heterocycles. The Kier molecular flexibility index (Phi) is 5.06. The SMILES string of the molecule is O=C(CCc1csc(-c2cccnc2)n1)NCc1ccccn1. The van der Waals surface area contributed by atoms with Crippen molar-refractivity contribution in [2.45, 2.75) is 19.4 Å². The van der Waals surface area contributed by atoms with E-state index in [1.54, 1.807) is 29.9 Å². The van der Waals surface area contributed by atoms with Crippen molar-refractivity contribution in [2.75, 3.05) is 0 Å². The Bertz CT molecular complexity index is 759. The monoisotopic (exact) mass is 324 g/mol. The van der Waals surface area contributed by atoms with Crippen LogP contribution in [-0.2, 0) is 17.8 Å². The van der Waals surface area contributed by atoms with Gasteiger partial charge in [0.05, 0.1) is 17.9 Å². The third-order valence-corrected chi connectivity index (χ3v) is 4.20. The first-order chi connectivity index (χ1) is 11.3. The number of aryl methyl sites for hydroxylation is 1. The highest BCUT2D eigenvalue weighted by atomic mass is 32.1. The van der Waals surface area contributed by atoms with E-state index in [4.69, 9.17) is 0 Å². The average Bonchev–Trinajstić information content (AvgIpc) is 3.09. The van der Waals surface area contributed by atoms with Crippen molar-refractivity contribution < 1.29 is 4.79 Å². The summed E-state index contributed by atoms with van der Waals surface area (Å²) in [5.74, 6) is 0.00609. The third-order valence-electron chi connectivity index (χ3n) is 3.26. The first-order valence-corrected chi connectivity index (χ1v) is 8.20. The molecule has 0 bridgehead atoms. The lowest BCUT2D eigenvalue weighted by molar-refractivity contribution is -0.121. The van der Waals surface area contributed by atoms with Crippen LogP contribution in [0.15, 0.2) is 54.3 Å². The molecule has 3 aromatic heterocycles. The highest BCUT2D eigenvalue weighted by molar-refractivity contribution is 7.13. The lowest BCUT2D eigenvalue weighted by Gasteiger charge is -2.03. The minimum atomic E-state index is 0.00609. The summed E-state index contributed by atoms with van der Waals surface area (Å²) in [5.41, 5.74) is 2.79. The summed E-state index contributed by atoms with van der Waals surface area (Å²) in [6.45, 7) is 0.456. The van der Waals surface area contributed by atoms with Crippen LogP contribution in [0.1, 0.15) is 17.8 Å². The second-order valence-electron chi connectivity index (χ2n) is 4.98. The van der Waals surface area contributed by atoms with Gasteiger partial charge in [-0.3, -0.25) is 14.8 Å². The van der Waals surface area contributed by atoms with Gasteiger partial charge in [0, 0.05) is 36.0 Å². The number of carbonyl (C=O) groups is 1. The molecule has 0 saturated heterocycles. The summed E-state index contributed by atoms with van der Waals surface area (Å²) < 4.78 is 0. The number of hydrogen-bond donors (Lipinski definition) is 1. The summed E-state index contributed by atoms with van der Waals surface area (Å²) in [4.78, 5) is 24.7. The van der Waals surface area contributed by atoms with Gasteiger partial charge in [-0.1, -0.05) is 6.07 Å². The number of pyridine rings is 2. The molecule has 0 aromatic carbocycles. The van der Waals surface area contributed by atoms with Crippen LogP contribution in [0.2, 0.25) is 0 Å². The lowest BCUT2D eigenvalue weighted by Crippen LogP contribution is -2.23. The number of nitrogens with one attached hydrogen (secondary N) is 1. The molecule has 0 aliphatic carbocycles. The first kappa shape index (κ1) is 15.3. The Hall–Kier alpha value is -2.60. The van der Waals surface area contributed by atoms with Gasteiger partial charge in [-0.05, 0) is 30.7 Å². The molecule has 0 radical (unpaired) electrons. The van der Waals surface area contributed by atoms with Gasteiger partial charge in [-0.15, -0.1) is 11.3 Å². The highest BCUT2D eigenvalue weighted by Crippen LogP contribution is 2.23. The Labute approximate surface area is 138 Å². The summed E-state index contributed by atoms with van der Waals surface area (Å²) in [6.07, 6.45) is 6.30. The molecule has 0 aliphatic heterocycles. The molecule has 116 valence electrons. The minimum Gasteiger partial charge on any atom is -0.350 e. The molecular formula is C17H16N4OS. The largest absolute Gasteiger partial charge is 0.350 e. The average molecular weight is 324 g/mol. The minimum absolute atomic E-state index is 0.00609. The fourth-order valence-electron chi connectivity index (χ4n) is 2.07. The Morgan fingerprint density at radius 2 is 2.09 bits per heavy atom. The molecule has 5 nitrogen and oxygen atoms in total. The number of hydrogen-bond acceptors (Lipinski definition) is 5. The highest BCUT2D eigenvalue weighted by Gasteiger charge is 2.07. The molecule has 0 unspecified atom stereocenters. The second-order valence-corrected chi connectivity index (χ2v) is 5.84. The van der Waals surface area contributed by atoms with E-state index in [0.717, 1.165) is 22.0 Å². The Balaban J connectivity index is 1.49. The molecule has 1 N–H and O–H groups in total. The summed E-state index contributed by atoms with van der Waals surface area (Å²) in [7, 11) is 0. The van der Waals surface area contributed by atoms with E-state index in [2.05, 4.69) is 20.3 Å². The number of aromatic nitrogens is 3. The van der Waals surface area contributed by atoms with E-state index in [0.29, 0.717) is 19.4 Å². The Morgan fingerprint density at radius 1 is 1.13 bits per heavy atom. The van der Waals surface area contributed by atoms with Crippen LogP contribution < -0.4 is 5.32 Å². The van der Waals surface area contributed by atoms with Gasteiger partial charge in [0.25, 0.3) is 0 Å². The van der Waals surface area contributed by atoms with E-state index in [1.165, 1.54) is 0 Å². The van der Waals surface area contributed by atoms with Crippen molar-refractivity contribution in [2.24, 2.45) is 0 Å². The zero-order valence-corrected chi connectivity index (χ0v) is 13.3. The molecule has 1 amide bonds. The van der Waals surface area contributed by atoms with E-state index in [9.17, 15) is 4.79 Å². The van der Waals surface area contributed by atoms with Gasteiger partial charge < -0.3 is 5.32 Å². The molecular weight excluding hydrogens is 308 g/mol. The van der Waals surface area contributed by atoms with Crippen LogP contribution in [0.3, 0.4) is 0 Å². The molecule has 6 heteroatoms. The summed E-state index contributed by atoms with van der Waals surface area (Å²) in [6, 6.07) is 9.52. The predicted octanol–water partition coefficient (Wildman–Crippen LogP) is 2.85. The molecule has 0 saturated carbocycles. The smallest absolute Gasteiger partial charge is 0.220 e. The fraction of sp³-hybridized carbons (Fsp3) is 0.176. The molecule has 3 rings (SSSR count). The summed E-state index contributed by atoms with van der Waals surface area (Å²) in [5, 5.41) is 5.80. The zero-order valence-electron chi connectivity index (χ0n) is 12.5. The van der Waals surface area contributed by atoms with Crippen molar-refractivity contribution in [3.05, 3.63) is 65.7 Å². The second kappa shape index (κ2) is 7.60. The van der Waals surface area contributed by atoms with Crippen molar-refractivity contribution in [3.8, 4) is 10.6 Å². The molecule has 3 aromatic rings. The van der Waals surface area contributed by atoms with Crippen LogP contribution in [0, 0.1) is 0 Å². The molecule has 23 heavy (non-hydrogen) atoms. The van der Waals surface area contributed by atoms with Crippen molar-refractivity contribution in [1.82, 2.24) is 20.3 Å². The predicted molar refractivity (Wildman–Crippen MR) is 89.7 cm³/mol. The fourth-order valence-corrected chi connectivity index (χ4v) is 2.91. The van der Waals surface area contributed by atoms with Crippen LogP contribution in [0.5, 0.6) is 0 Å². The van der Waals surface area contributed by atoms with E-state index in [1.807, 2.05) is 35.7 Å². The quantitative estimate of drug-likeness (QED) is 0.757. The van der Waals surface area contributed by atoms with Crippen molar-refractivity contribution in [1.29, 1.82) is 0 Å². The first-order valence-electron chi connectivity index (χ1n) is 7.32. The number of rotatable bonds is 6.